The lowest BCUT2D eigenvalue weighted by Crippen LogP contribution is -2.22. The van der Waals surface area contributed by atoms with Crippen LogP contribution < -0.4 is 15.0 Å². The van der Waals surface area contributed by atoms with Crippen molar-refractivity contribution in [2.75, 3.05) is 20.0 Å². The molecule has 7 heteroatoms. The van der Waals surface area contributed by atoms with Gasteiger partial charge in [0.15, 0.2) is 16.7 Å². The molecule has 1 aliphatic rings. The highest BCUT2D eigenvalue weighted by Crippen LogP contribution is 2.37. The number of thioether (sulfide) groups is 1. The van der Waals surface area contributed by atoms with Crippen molar-refractivity contribution in [3.63, 3.8) is 0 Å². The normalized spacial score (nSPS) is 13.6. The largest absolute Gasteiger partial charge is 0.493 e. The fraction of sp³-hybridized carbons (Fsp3) is 0.412. The fourth-order valence-electron chi connectivity index (χ4n) is 3.35. The maximum Gasteiger partial charge on any atom is 0.278 e. The van der Waals surface area contributed by atoms with Crippen LogP contribution in [0.1, 0.15) is 13.3 Å². The maximum absolute atomic E-state index is 13.0. The Morgan fingerprint density at radius 2 is 2.00 bits per heavy atom. The highest BCUT2D eigenvalue weighted by atomic mass is 32.2. The Kier molecular flexibility index (Phi) is 3.68. The van der Waals surface area contributed by atoms with Gasteiger partial charge in [-0.1, -0.05) is 18.7 Å². The van der Waals surface area contributed by atoms with Gasteiger partial charge in [-0.15, -0.1) is 0 Å². The van der Waals surface area contributed by atoms with Crippen LogP contribution in [0.15, 0.2) is 22.1 Å². The molecule has 0 unspecified atom stereocenters. The SMILES string of the molecule is CCCn1c2cc(OC)c(OC)cc2c2nc3n(c(=O)c21)CCS3. The maximum atomic E-state index is 13.0. The van der Waals surface area contributed by atoms with Crippen molar-refractivity contribution in [3.05, 3.63) is 22.5 Å². The fourth-order valence-corrected chi connectivity index (χ4v) is 4.29. The van der Waals surface area contributed by atoms with Crippen LogP contribution in [0.5, 0.6) is 11.5 Å². The molecule has 2 aromatic heterocycles. The van der Waals surface area contributed by atoms with E-state index >= 15 is 0 Å². The number of nitrogens with zero attached hydrogens (tertiary/aromatic N) is 3. The van der Waals surface area contributed by atoms with E-state index in [0.29, 0.717) is 17.0 Å². The van der Waals surface area contributed by atoms with Crippen molar-refractivity contribution >= 4 is 33.7 Å². The quantitative estimate of drug-likeness (QED) is 0.681. The van der Waals surface area contributed by atoms with Gasteiger partial charge in [-0.2, -0.15) is 0 Å². The summed E-state index contributed by atoms with van der Waals surface area (Å²) in [5.74, 6) is 2.21. The minimum Gasteiger partial charge on any atom is -0.493 e. The van der Waals surface area contributed by atoms with Crippen LogP contribution >= 0.6 is 11.8 Å². The molecular formula is C17H19N3O3S. The number of fused-ring (bicyclic) bond motifs is 4. The summed E-state index contributed by atoms with van der Waals surface area (Å²) in [5.41, 5.74) is 2.43. The van der Waals surface area contributed by atoms with Crippen LogP contribution in [0.3, 0.4) is 0 Å². The van der Waals surface area contributed by atoms with Gasteiger partial charge in [0.25, 0.3) is 5.56 Å². The topological polar surface area (TPSA) is 58.3 Å². The number of aromatic nitrogens is 3. The molecule has 1 aliphatic heterocycles. The molecule has 126 valence electrons. The Morgan fingerprint density at radius 3 is 2.71 bits per heavy atom. The van der Waals surface area contributed by atoms with Gasteiger partial charge < -0.3 is 14.0 Å². The molecule has 0 atom stereocenters. The highest BCUT2D eigenvalue weighted by Gasteiger charge is 2.23. The molecule has 0 amide bonds. The Morgan fingerprint density at radius 1 is 1.25 bits per heavy atom. The number of aryl methyl sites for hydroxylation is 1. The Bertz CT molecular complexity index is 1010. The van der Waals surface area contributed by atoms with Gasteiger partial charge in [0, 0.05) is 30.3 Å². The molecule has 0 aliphatic carbocycles. The first-order valence-corrected chi connectivity index (χ1v) is 8.99. The number of methoxy groups -OCH3 is 2. The smallest absolute Gasteiger partial charge is 0.278 e. The number of hydrogen-bond donors (Lipinski definition) is 0. The van der Waals surface area contributed by atoms with Gasteiger partial charge in [0.1, 0.15) is 11.0 Å². The Balaban J connectivity index is 2.18. The molecule has 0 saturated carbocycles. The molecule has 0 bridgehead atoms. The number of rotatable bonds is 4. The molecule has 4 rings (SSSR count). The van der Waals surface area contributed by atoms with Gasteiger partial charge in [0.2, 0.25) is 0 Å². The van der Waals surface area contributed by atoms with Crippen LogP contribution in [-0.4, -0.2) is 34.1 Å². The third-order valence-corrected chi connectivity index (χ3v) is 5.38. The predicted octanol–water partition coefficient (Wildman–Crippen LogP) is 2.88. The van der Waals surface area contributed by atoms with Crippen LogP contribution in [-0.2, 0) is 13.1 Å². The second-order valence-electron chi connectivity index (χ2n) is 5.77. The van der Waals surface area contributed by atoms with Crippen molar-refractivity contribution in [2.24, 2.45) is 0 Å². The van der Waals surface area contributed by atoms with E-state index in [-0.39, 0.29) is 5.56 Å². The van der Waals surface area contributed by atoms with E-state index in [9.17, 15) is 4.79 Å². The lowest BCUT2D eigenvalue weighted by atomic mass is 10.2. The van der Waals surface area contributed by atoms with Crippen molar-refractivity contribution in [2.45, 2.75) is 31.6 Å². The van der Waals surface area contributed by atoms with Crippen LogP contribution in [0.4, 0.5) is 0 Å². The highest BCUT2D eigenvalue weighted by molar-refractivity contribution is 7.99. The molecule has 3 heterocycles. The van der Waals surface area contributed by atoms with Crippen molar-refractivity contribution in [3.8, 4) is 11.5 Å². The molecule has 0 N–H and O–H groups in total. The summed E-state index contributed by atoms with van der Waals surface area (Å²) in [6.45, 7) is 3.59. The third-order valence-electron chi connectivity index (χ3n) is 4.42. The van der Waals surface area contributed by atoms with E-state index < -0.39 is 0 Å². The molecule has 1 aromatic carbocycles. The van der Waals surface area contributed by atoms with Gasteiger partial charge in [-0.3, -0.25) is 9.36 Å². The van der Waals surface area contributed by atoms with E-state index in [2.05, 4.69) is 11.5 Å². The zero-order valence-corrected chi connectivity index (χ0v) is 14.8. The lowest BCUT2D eigenvalue weighted by molar-refractivity contribution is 0.355. The molecule has 0 spiro atoms. The first-order valence-electron chi connectivity index (χ1n) is 8.01. The van der Waals surface area contributed by atoms with Crippen LogP contribution in [0.25, 0.3) is 21.9 Å². The van der Waals surface area contributed by atoms with Gasteiger partial charge >= 0.3 is 0 Å². The van der Waals surface area contributed by atoms with E-state index in [1.165, 1.54) is 0 Å². The monoisotopic (exact) mass is 345 g/mol. The van der Waals surface area contributed by atoms with Gasteiger partial charge in [-0.05, 0) is 12.5 Å². The Labute approximate surface area is 143 Å². The first-order chi connectivity index (χ1) is 11.7. The second-order valence-corrected chi connectivity index (χ2v) is 6.83. The van der Waals surface area contributed by atoms with E-state index in [0.717, 1.165) is 46.8 Å². The molecular weight excluding hydrogens is 326 g/mol. The summed E-state index contributed by atoms with van der Waals surface area (Å²) in [5, 5.41) is 1.74. The molecule has 3 aromatic rings. The Hall–Kier alpha value is -2.15. The van der Waals surface area contributed by atoms with Crippen molar-refractivity contribution in [1.82, 2.24) is 14.1 Å². The number of benzene rings is 1. The van der Waals surface area contributed by atoms with E-state index in [1.807, 2.05) is 12.1 Å². The second kappa shape index (κ2) is 5.73. The molecule has 0 fully saturated rings. The summed E-state index contributed by atoms with van der Waals surface area (Å²) in [4.78, 5) is 17.8. The minimum atomic E-state index is 0.0441. The zero-order chi connectivity index (χ0) is 16.8. The average Bonchev–Trinajstić information content (AvgIpc) is 3.18. The van der Waals surface area contributed by atoms with E-state index in [1.54, 1.807) is 30.5 Å². The number of ether oxygens (including phenoxy) is 2. The molecule has 6 nitrogen and oxygen atoms in total. The van der Waals surface area contributed by atoms with Gasteiger partial charge in [0.05, 0.1) is 19.7 Å². The summed E-state index contributed by atoms with van der Waals surface area (Å²) in [6.07, 6.45) is 0.934. The molecule has 0 saturated heterocycles. The van der Waals surface area contributed by atoms with E-state index in [4.69, 9.17) is 14.5 Å². The van der Waals surface area contributed by atoms with Crippen LogP contribution in [0, 0.1) is 0 Å². The standard InChI is InChI=1S/C17H19N3O3S/c1-4-5-19-11-9-13(23-3)12(22-2)8-10(11)14-15(19)16(21)20-6-7-24-17(20)18-14/h8-9H,4-7H2,1-3H3. The summed E-state index contributed by atoms with van der Waals surface area (Å²) >= 11 is 1.63. The summed E-state index contributed by atoms with van der Waals surface area (Å²) in [7, 11) is 3.24. The average molecular weight is 345 g/mol. The summed E-state index contributed by atoms with van der Waals surface area (Å²) < 4.78 is 14.7. The third kappa shape index (κ3) is 2.04. The molecule has 24 heavy (non-hydrogen) atoms. The predicted molar refractivity (Wildman–Crippen MR) is 95.6 cm³/mol. The zero-order valence-electron chi connectivity index (χ0n) is 14.0. The van der Waals surface area contributed by atoms with Gasteiger partial charge in [-0.25, -0.2) is 4.98 Å². The molecule has 0 radical (unpaired) electrons. The summed E-state index contributed by atoms with van der Waals surface area (Å²) in [6, 6.07) is 3.86. The first kappa shape index (κ1) is 15.4. The minimum absolute atomic E-state index is 0.0441. The van der Waals surface area contributed by atoms with Crippen molar-refractivity contribution < 1.29 is 9.47 Å². The van der Waals surface area contributed by atoms with Crippen molar-refractivity contribution in [1.29, 1.82) is 0 Å². The number of hydrogen-bond acceptors (Lipinski definition) is 5. The lowest BCUT2D eigenvalue weighted by Gasteiger charge is -2.09. The van der Waals surface area contributed by atoms with Crippen LogP contribution in [0.2, 0.25) is 0 Å².